The normalized spacial score (nSPS) is 12.2. The van der Waals surface area contributed by atoms with Gasteiger partial charge in [0.05, 0.1) is 7.11 Å². The van der Waals surface area contributed by atoms with Gasteiger partial charge in [0.2, 0.25) is 0 Å². The standard InChI is InChI=1S/C16H18BrNO/c1-18-16(13-6-8-14(17)9-7-13)11-12-4-3-5-15(10-12)19-2/h3-10,16,18H,11H2,1-2H3. The Morgan fingerprint density at radius 1 is 1.16 bits per heavy atom. The first-order valence-electron chi connectivity index (χ1n) is 6.28. The van der Waals surface area contributed by atoms with Gasteiger partial charge in [-0.1, -0.05) is 40.2 Å². The largest absolute Gasteiger partial charge is 0.497 e. The van der Waals surface area contributed by atoms with Crippen molar-refractivity contribution in [3.8, 4) is 5.75 Å². The maximum Gasteiger partial charge on any atom is 0.119 e. The van der Waals surface area contributed by atoms with Crippen LogP contribution in [0.15, 0.2) is 53.0 Å². The van der Waals surface area contributed by atoms with Crippen LogP contribution in [0.3, 0.4) is 0 Å². The minimum absolute atomic E-state index is 0.306. The molecule has 0 radical (unpaired) electrons. The minimum Gasteiger partial charge on any atom is -0.497 e. The van der Waals surface area contributed by atoms with E-state index in [1.54, 1.807) is 7.11 Å². The van der Waals surface area contributed by atoms with Crippen molar-refractivity contribution in [2.45, 2.75) is 12.5 Å². The Kier molecular flexibility index (Phi) is 5.00. The third-order valence-corrected chi connectivity index (χ3v) is 3.72. The molecular formula is C16H18BrNO. The Hall–Kier alpha value is -1.32. The average molecular weight is 320 g/mol. The first-order chi connectivity index (χ1) is 9.22. The summed E-state index contributed by atoms with van der Waals surface area (Å²) in [5, 5.41) is 3.37. The van der Waals surface area contributed by atoms with Gasteiger partial charge >= 0.3 is 0 Å². The Morgan fingerprint density at radius 3 is 2.53 bits per heavy atom. The third-order valence-electron chi connectivity index (χ3n) is 3.19. The molecule has 2 aromatic rings. The molecule has 0 heterocycles. The predicted molar refractivity (Wildman–Crippen MR) is 82.6 cm³/mol. The van der Waals surface area contributed by atoms with E-state index >= 15 is 0 Å². The first-order valence-corrected chi connectivity index (χ1v) is 7.08. The molecule has 1 unspecified atom stereocenters. The molecule has 1 N–H and O–H groups in total. The lowest BCUT2D eigenvalue weighted by Gasteiger charge is -2.17. The molecule has 0 aromatic heterocycles. The van der Waals surface area contributed by atoms with Gasteiger partial charge in [0.25, 0.3) is 0 Å². The van der Waals surface area contributed by atoms with E-state index in [0.717, 1.165) is 16.6 Å². The van der Waals surface area contributed by atoms with Gasteiger partial charge in [-0.15, -0.1) is 0 Å². The molecule has 1 atom stereocenters. The molecule has 0 aliphatic rings. The molecule has 2 aromatic carbocycles. The number of nitrogens with one attached hydrogen (secondary N) is 1. The van der Waals surface area contributed by atoms with Crippen LogP contribution in [0.5, 0.6) is 5.75 Å². The van der Waals surface area contributed by atoms with Crippen LogP contribution in [0, 0.1) is 0 Å². The molecular weight excluding hydrogens is 302 g/mol. The van der Waals surface area contributed by atoms with Gasteiger partial charge in [-0.2, -0.15) is 0 Å². The maximum absolute atomic E-state index is 5.26. The molecule has 2 rings (SSSR count). The zero-order chi connectivity index (χ0) is 13.7. The first kappa shape index (κ1) is 14.1. The summed E-state index contributed by atoms with van der Waals surface area (Å²) in [6, 6.07) is 17.0. The summed E-state index contributed by atoms with van der Waals surface area (Å²) >= 11 is 3.47. The van der Waals surface area contributed by atoms with Crippen LogP contribution in [0.25, 0.3) is 0 Å². The van der Waals surface area contributed by atoms with Crippen molar-refractivity contribution in [3.05, 3.63) is 64.1 Å². The van der Waals surface area contributed by atoms with Crippen LogP contribution in [-0.2, 0) is 6.42 Å². The van der Waals surface area contributed by atoms with Crippen LogP contribution >= 0.6 is 15.9 Å². The second-order valence-electron chi connectivity index (χ2n) is 4.45. The number of methoxy groups -OCH3 is 1. The summed E-state index contributed by atoms with van der Waals surface area (Å²) in [4.78, 5) is 0. The van der Waals surface area contributed by atoms with E-state index in [2.05, 4.69) is 57.6 Å². The van der Waals surface area contributed by atoms with E-state index < -0.39 is 0 Å². The molecule has 0 saturated carbocycles. The van der Waals surface area contributed by atoms with Crippen molar-refractivity contribution in [2.24, 2.45) is 0 Å². The fraction of sp³-hybridized carbons (Fsp3) is 0.250. The Morgan fingerprint density at radius 2 is 1.89 bits per heavy atom. The highest BCUT2D eigenvalue weighted by molar-refractivity contribution is 9.10. The van der Waals surface area contributed by atoms with E-state index in [1.807, 2.05) is 19.2 Å². The third kappa shape index (κ3) is 3.82. The van der Waals surface area contributed by atoms with Crippen molar-refractivity contribution in [3.63, 3.8) is 0 Å². The fourth-order valence-electron chi connectivity index (χ4n) is 2.12. The molecule has 3 heteroatoms. The molecule has 2 nitrogen and oxygen atoms in total. The van der Waals surface area contributed by atoms with Gasteiger partial charge in [0, 0.05) is 10.5 Å². The van der Waals surface area contributed by atoms with Gasteiger partial charge in [-0.25, -0.2) is 0 Å². The van der Waals surface area contributed by atoms with Crippen molar-refractivity contribution >= 4 is 15.9 Å². The Bertz CT molecular complexity index is 525. The monoisotopic (exact) mass is 319 g/mol. The number of ether oxygens (including phenoxy) is 1. The zero-order valence-electron chi connectivity index (χ0n) is 11.2. The number of hydrogen-bond acceptors (Lipinski definition) is 2. The molecule has 0 fully saturated rings. The average Bonchev–Trinajstić information content (AvgIpc) is 2.46. The van der Waals surface area contributed by atoms with Crippen LogP contribution in [-0.4, -0.2) is 14.2 Å². The fourth-order valence-corrected chi connectivity index (χ4v) is 2.38. The maximum atomic E-state index is 5.26. The molecule has 19 heavy (non-hydrogen) atoms. The van der Waals surface area contributed by atoms with E-state index in [9.17, 15) is 0 Å². The highest BCUT2D eigenvalue weighted by atomic mass is 79.9. The van der Waals surface area contributed by atoms with Crippen molar-refractivity contribution in [2.75, 3.05) is 14.2 Å². The predicted octanol–water partition coefficient (Wildman–Crippen LogP) is 3.96. The van der Waals surface area contributed by atoms with Crippen LogP contribution < -0.4 is 10.1 Å². The number of hydrogen-bond donors (Lipinski definition) is 1. The summed E-state index contributed by atoms with van der Waals surface area (Å²) in [6.07, 6.45) is 0.940. The van der Waals surface area contributed by atoms with Gasteiger partial charge in [-0.05, 0) is 48.9 Å². The second-order valence-corrected chi connectivity index (χ2v) is 5.36. The van der Waals surface area contributed by atoms with Gasteiger partial charge in [-0.3, -0.25) is 0 Å². The molecule has 0 amide bonds. The van der Waals surface area contributed by atoms with Gasteiger partial charge in [0.1, 0.15) is 5.75 Å². The number of benzene rings is 2. The molecule has 100 valence electrons. The number of halogens is 1. The number of rotatable bonds is 5. The lowest BCUT2D eigenvalue weighted by molar-refractivity contribution is 0.414. The highest BCUT2D eigenvalue weighted by Crippen LogP contribution is 2.22. The SMILES string of the molecule is CNC(Cc1cccc(OC)c1)c1ccc(Br)cc1. The van der Waals surface area contributed by atoms with Gasteiger partial charge < -0.3 is 10.1 Å². The summed E-state index contributed by atoms with van der Waals surface area (Å²) in [7, 11) is 3.69. The van der Waals surface area contributed by atoms with Crippen molar-refractivity contribution in [1.82, 2.24) is 5.32 Å². The minimum atomic E-state index is 0.306. The summed E-state index contributed by atoms with van der Waals surface area (Å²) in [6.45, 7) is 0. The molecule has 0 bridgehead atoms. The topological polar surface area (TPSA) is 21.3 Å². The molecule has 0 aliphatic heterocycles. The van der Waals surface area contributed by atoms with E-state index in [4.69, 9.17) is 4.74 Å². The second kappa shape index (κ2) is 6.73. The Balaban J connectivity index is 2.16. The smallest absolute Gasteiger partial charge is 0.119 e. The van der Waals surface area contributed by atoms with Crippen LogP contribution in [0.1, 0.15) is 17.2 Å². The van der Waals surface area contributed by atoms with Crippen LogP contribution in [0.4, 0.5) is 0 Å². The Labute approximate surface area is 122 Å². The quantitative estimate of drug-likeness (QED) is 0.900. The zero-order valence-corrected chi connectivity index (χ0v) is 12.8. The lowest BCUT2D eigenvalue weighted by atomic mass is 9.99. The van der Waals surface area contributed by atoms with Crippen molar-refractivity contribution < 1.29 is 4.74 Å². The van der Waals surface area contributed by atoms with E-state index in [1.165, 1.54) is 11.1 Å². The number of likely N-dealkylation sites (N-methyl/N-ethyl adjacent to an activating group) is 1. The molecule has 0 saturated heterocycles. The summed E-state index contributed by atoms with van der Waals surface area (Å²) in [5.74, 6) is 0.906. The molecule has 0 aliphatic carbocycles. The summed E-state index contributed by atoms with van der Waals surface area (Å²) < 4.78 is 6.37. The van der Waals surface area contributed by atoms with E-state index in [-0.39, 0.29) is 0 Å². The lowest BCUT2D eigenvalue weighted by Crippen LogP contribution is -2.18. The molecule has 0 spiro atoms. The van der Waals surface area contributed by atoms with Crippen molar-refractivity contribution in [1.29, 1.82) is 0 Å². The van der Waals surface area contributed by atoms with Crippen LogP contribution in [0.2, 0.25) is 0 Å². The van der Waals surface area contributed by atoms with Gasteiger partial charge in [0.15, 0.2) is 0 Å². The van der Waals surface area contributed by atoms with E-state index in [0.29, 0.717) is 6.04 Å². The summed E-state index contributed by atoms with van der Waals surface area (Å²) in [5.41, 5.74) is 2.55. The highest BCUT2D eigenvalue weighted by Gasteiger charge is 2.10.